The van der Waals surface area contributed by atoms with Crippen LogP contribution in [0.1, 0.15) is 33.6 Å². The van der Waals surface area contributed by atoms with E-state index in [1.54, 1.807) is 0 Å². The van der Waals surface area contributed by atoms with E-state index in [-0.39, 0.29) is 0 Å². The molecule has 0 aromatic carbocycles. The molecule has 2 N–H and O–H groups in total. The highest BCUT2D eigenvalue weighted by Gasteiger charge is 2.10. The summed E-state index contributed by atoms with van der Waals surface area (Å²) in [5.41, 5.74) is 10.8. The molecule has 0 atom stereocenters. The standard InChI is InChI=1S/C11H17N/c1-4-8(2)10-7-5-6-9(3)11(10)12/h4,7H,5-6,12H2,1-3H3/b8-4-. The number of rotatable bonds is 1. The highest BCUT2D eigenvalue weighted by molar-refractivity contribution is 5.47. The van der Waals surface area contributed by atoms with Gasteiger partial charge in [0.05, 0.1) is 0 Å². The Morgan fingerprint density at radius 1 is 1.58 bits per heavy atom. The highest BCUT2D eigenvalue weighted by Crippen LogP contribution is 2.25. The highest BCUT2D eigenvalue weighted by atomic mass is 14.6. The Morgan fingerprint density at radius 3 is 2.83 bits per heavy atom. The first-order chi connectivity index (χ1) is 5.66. The molecular weight excluding hydrogens is 146 g/mol. The van der Waals surface area contributed by atoms with E-state index in [0.717, 1.165) is 18.5 Å². The fourth-order valence-corrected chi connectivity index (χ4v) is 1.44. The van der Waals surface area contributed by atoms with Crippen molar-refractivity contribution in [3.8, 4) is 0 Å². The van der Waals surface area contributed by atoms with Crippen molar-refractivity contribution in [3.63, 3.8) is 0 Å². The van der Waals surface area contributed by atoms with Gasteiger partial charge in [0, 0.05) is 5.70 Å². The van der Waals surface area contributed by atoms with E-state index in [4.69, 9.17) is 5.73 Å². The lowest BCUT2D eigenvalue weighted by Gasteiger charge is -2.16. The van der Waals surface area contributed by atoms with E-state index < -0.39 is 0 Å². The van der Waals surface area contributed by atoms with E-state index in [2.05, 4.69) is 26.0 Å². The molecule has 0 spiro atoms. The molecule has 1 heteroatoms. The second-order valence-electron chi connectivity index (χ2n) is 3.32. The van der Waals surface area contributed by atoms with E-state index in [1.807, 2.05) is 6.92 Å². The molecule has 66 valence electrons. The van der Waals surface area contributed by atoms with Gasteiger partial charge in [-0.3, -0.25) is 0 Å². The van der Waals surface area contributed by atoms with Gasteiger partial charge in [0.25, 0.3) is 0 Å². The summed E-state index contributed by atoms with van der Waals surface area (Å²) in [6.07, 6.45) is 6.59. The first kappa shape index (κ1) is 9.11. The molecular formula is C11H17N. The summed E-state index contributed by atoms with van der Waals surface area (Å²) in [7, 11) is 0. The third-order valence-corrected chi connectivity index (χ3v) is 2.48. The topological polar surface area (TPSA) is 26.0 Å². The third kappa shape index (κ3) is 1.60. The molecule has 0 heterocycles. The fourth-order valence-electron chi connectivity index (χ4n) is 1.44. The lowest BCUT2D eigenvalue weighted by molar-refractivity contribution is 0.913. The van der Waals surface area contributed by atoms with E-state index in [9.17, 15) is 0 Å². The minimum Gasteiger partial charge on any atom is -0.398 e. The predicted octanol–water partition coefficient (Wildman–Crippen LogP) is 2.91. The number of allylic oxidation sites excluding steroid dienone is 4. The quantitative estimate of drug-likeness (QED) is 0.632. The zero-order chi connectivity index (χ0) is 9.14. The number of hydrogen-bond donors (Lipinski definition) is 1. The number of nitrogens with two attached hydrogens (primary N) is 1. The van der Waals surface area contributed by atoms with Gasteiger partial charge in [-0.1, -0.05) is 12.2 Å². The minimum absolute atomic E-state index is 0.983. The van der Waals surface area contributed by atoms with Gasteiger partial charge in [0.15, 0.2) is 0 Å². The lowest BCUT2D eigenvalue weighted by Crippen LogP contribution is -2.09. The van der Waals surface area contributed by atoms with Gasteiger partial charge in [-0.2, -0.15) is 0 Å². The van der Waals surface area contributed by atoms with Crippen molar-refractivity contribution >= 4 is 0 Å². The molecule has 0 aromatic heterocycles. The molecule has 0 aromatic rings. The summed E-state index contributed by atoms with van der Waals surface area (Å²) in [5.74, 6) is 0. The third-order valence-electron chi connectivity index (χ3n) is 2.48. The Balaban J connectivity index is 3.00. The summed E-state index contributed by atoms with van der Waals surface area (Å²) in [4.78, 5) is 0. The summed E-state index contributed by atoms with van der Waals surface area (Å²) < 4.78 is 0. The zero-order valence-corrected chi connectivity index (χ0v) is 8.15. The largest absolute Gasteiger partial charge is 0.398 e. The van der Waals surface area contributed by atoms with E-state index in [1.165, 1.54) is 16.7 Å². The maximum Gasteiger partial charge on any atom is 0.0376 e. The molecule has 0 radical (unpaired) electrons. The number of hydrogen-bond acceptors (Lipinski definition) is 1. The molecule has 1 aliphatic rings. The van der Waals surface area contributed by atoms with Crippen LogP contribution in [0.4, 0.5) is 0 Å². The first-order valence-electron chi connectivity index (χ1n) is 4.46. The Kier molecular flexibility index (Phi) is 2.74. The van der Waals surface area contributed by atoms with Gasteiger partial charge in [-0.25, -0.2) is 0 Å². The van der Waals surface area contributed by atoms with Crippen LogP contribution >= 0.6 is 0 Å². The summed E-state index contributed by atoms with van der Waals surface area (Å²) in [6.45, 7) is 6.27. The minimum atomic E-state index is 0.983. The molecule has 0 bridgehead atoms. The van der Waals surface area contributed by atoms with Crippen molar-refractivity contribution in [1.29, 1.82) is 0 Å². The van der Waals surface area contributed by atoms with Gasteiger partial charge in [0.1, 0.15) is 0 Å². The van der Waals surface area contributed by atoms with Crippen LogP contribution in [-0.2, 0) is 0 Å². The Bertz CT molecular complexity index is 267. The molecule has 0 fully saturated rings. The molecule has 0 saturated heterocycles. The molecule has 12 heavy (non-hydrogen) atoms. The van der Waals surface area contributed by atoms with E-state index >= 15 is 0 Å². The maximum atomic E-state index is 5.97. The molecule has 0 amide bonds. The van der Waals surface area contributed by atoms with Crippen molar-refractivity contribution in [2.24, 2.45) is 5.73 Å². The monoisotopic (exact) mass is 163 g/mol. The predicted molar refractivity (Wildman–Crippen MR) is 53.6 cm³/mol. The molecule has 0 saturated carbocycles. The second kappa shape index (κ2) is 3.61. The van der Waals surface area contributed by atoms with Crippen LogP contribution in [0.15, 0.2) is 34.6 Å². The van der Waals surface area contributed by atoms with Crippen LogP contribution < -0.4 is 5.73 Å². The van der Waals surface area contributed by atoms with Crippen LogP contribution in [0.25, 0.3) is 0 Å². The Morgan fingerprint density at radius 2 is 2.25 bits per heavy atom. The van der Waals surface area contributed by atoms with Crippen LogP contribution in [0.5, 0.6) is 0 Å². The summed E-state index contributed by atoms with van der Waals surface area (Å²) in [5, 5.41) is 0. The fraction of sp³-hybridized carbons (Fsp3) is 0.455. The Labute approximate surface area is 74.7 Å². The molecule has 1 rings (SSSR count). The average Bonchev–Trinajstić information content (AvgIpc) is 2.08. The lowest BCUT2D eigenvalue weighted by atomic mass is 9.93. The van der Waals surface area contributed by atoms with Crippen LogP contribution in [0, 0.1) is 0 Å². The van der Waals surface area contributed by atoms with Gasteiger partial charge < -0.3 is 5.73 Å². The van der Waals surface area contributed by atoms with Gasteiger partial charge in [0.2, 0.25) is 0 Å². The van der Waals surface area contributed by atoms with Crippen molar-refractivity contribution in [2.75, 3.05) is 0 Å². The molecule has 0 aliphatic heterocycles. The van der Waals surface area contributed by atoms with Crippen LogP contribution in [-0.4, -0.2) is 0 Å². The van der Waals surface area contributed by atoms with Crippen LogP contribution in [0.2, 0.25) is 0 Å². The zero-order valence-electron chi connectivity index (χ0n) is 8.15. The van der Waals surface area contributed by atoms with Crippen molar-refractivity contribution in [3.05, 3.63) is 34.6 Å². The molecule has 1 nitrogen and oxygen atoms in total. The Hall–Kier alpha value is -0.980. The summed E-state index contributed by atoms with van der Waals surface area (Å²) in [6, 6.07) is 0. The van der Waals surface area contributed by atoms with Gasteiger partial charge in [-0.15, -0.1) is 0 Å². The average molecular weight is 163 g/mol. The van der Waals surface area contributed by atoms with Gasteiger partial charge >= 0.3 is 0 Å². The SMILES string of the molecule is C/C=C(/C)C1=CCCC(C)=C1N. The maximum absolute atomic E-state index is 5.97. The molecule has 0 unspecified atom stereocenters. The normalized spacial score (nSPS) is 19.6. The van der Waals surface area contributed by atoms with Crippen LogP contribution in [0.3, 0.4) is 0 Å². The first-order valence-corrected chi connectivity index (χ1v) is 4.46. The van der Waals surface area contributed by atoms with E-state index in [0.29, 0.717) is 0 Å². The van der Waals surface area contributed by atoms with Crippen molar-refractivity contribution in [2.45, 2.75) is 33.6 Å². The summed E-state index contributed by atoms with van der Waals surface area (Å²) >= 11 is 0. The van der Waals surface area contributed by atoms with Crippen molar-refractivity contribution in [1.82, 2.24) is 0 Å². The smallest absolute Gasteiger partial charge is 0.0376 e. The second-order valence-corrected chi connectivity index (χ2v) is 3.32. The van der Waals surface area contributed by atoms with Crippen molar-refractivity contribution < 1.29 is 0 Å². The van der Waals surface area contributed by atoms with Gasteiger partial charge in [-0.05, 0) is 50.3 Å². The molecule has 1 aliphatic carbocycles.